The fourth-order valence-electron chi connectivity index (χ4n) is 2.09. The lowest BCUT2D eigenvalue weighted by atomic mass is 10.2. The molecule has 1 aliphatic heterocycles. The third kappa shape index (κ3) is 4.93. The van der Waals surface area contributed by atoms with Crippen molar-refractivity contribution in [2.75, 3.05) is 46.4 Å². The number of hydrogen-bond acceptors (Lipinski definition) is 4. The lowest BCUT2D eigenvalue weighted by Crippen LogP contribution is -2.48. The van der Waals surface area contributed by atoms with Crippen molar-refractivity contribution in [3.05, 3.63) is 0 Å². The Morgan fingerprint density at radius 2 is 2.33 bits per heavy atom. The molecule has 2 N–H and O–H groups in total. The minimum absolute atomic E-state index is 0.237. The summed E-state index contributed by atoms with van der Waals surface area (Å²) in [7, 11) is 2.11. The van der Waals surface area contributed by atoms with Gasteiger partial charge in [-0.05, 0) is 20.5 Å². The molecule has 2 atom stereocenters. The van der Waals surface area contributed by atoms with Crippen LogP contribution in [0, 0.1) is 0 Å². The Morgan fingerprint density at radius 3 is 2.93 bits per heavy atom. The molecule has 0 aromatic carbocycles. The molecule has 0 spiro atoms. The standard InChI is InChI=1S/C11H25N3O/c1-4-14-5-6-15-11(9-14)8-13(3)7-10(2)12/h10-11H,4-9,12H2,1-3H3. The molecule has 4 nitrogen and oxygen atoms in total. The number of likely N-dealkylation sites (N-methyl/N-ethyl adjacent to an activating group) is 2. The van der Waals surface area contributed by atoms with Crippen LogP contribution in [-0.4, -0.2) is 68.3 Å². The van der Waals surface area contributed by atoms with Crippen LogP contribution in [0.2, 0.25) is 0 Å². The van der Waals surface area contributed by atoms with Crippen molar-refractivity contribution in [1.29, 1.82) is 0 Å². The molecule has 1 aliphatic rings. The Kier molecular flexibility index (Phi) is 5.53. The van der Waals surface area contributed by atoms with E-state index in [1.54, 1.807) is 0 Å². The van der Waals surface area contributed by atoms with Crippen molar-refractivity contribution < 1.29 is 4.74 Å². The lowest BCUT2D eigenvalue weighted by Gasteiger charge is -2.34. The summed E-state index contributed by atoms with van der Waals surface area (Å²) in [4.78, 5) is 4.70. The van der Waals surface area contributed by atoms with E-state index < -0.39 is 0 Å². The predicted octanol–water partition coefficient (Wildman–Crippen LogP) is -0.0139. The van der Waals surface area contributed by atoms with E-state index in [0.717, 1.165) is 39.3 Å². The number of morpholine rings is 1. The summed E-state index contributed by atoms with van der Waals surface area (Å²) in [5.74, 6) is 0. The number of nitrogens with two attached hydrogens (primary N) is 1. The van der Waals surface area contributed by atoms with E-state index in [-0.39, 0.29) is 6.04 Å². The van der Waals surface area contributed by atoms with Gasteiger partial charge in [0.05, 0.1) is 12.7 Å². The Hall–Kier alpha value is -0.160. The number of nitrogens with zero attached hydrogens (tertiary/aromatic N) is 2. The van der Waals surface area contributed by atoms with Gasteiger partial charge in [0.1, 0.15) is 0 Å². The van der Waals surface area contributed by atoms with Crippen molar-refractivity contribution >= 4 is 0 Å². The Morgan fingerprint density at radius 1 is 1.60 bits per heavy atom. The smallest absolute Gasteiger partial charge is 0.0829 e. The molecular weight excluding hydrogens is 190 g/mol. The van der Waals surface area contributed by atoms with Gasteiger partial charge < -0.3 is 15.4 Å². The fraction of sp³-hybridized carbons (Fsp3) is 1.00. The average Bonchev–Trinajstić information content (AvgIpc) is 2.16. The van der Waals surface area contributed by atoms with E-state index in [1.807, 2.05) is 6.92 Å². The summed E-state index contributed by atoms with van der Waals surface area (Å²) in [6.45, 7) is 10.3. The summed E-state index contributed by atoms with van der Waals surface area (Å²) in [6, 6.07) is 0.237. The Balaban J connectivity index is 2.25. The highest BCUT2D eigenvalue weighted by molar-refractivity contribution is 4.74. The maximum Gasteiger partial charge on any atom is 0.0829 e. The van der Waals surface area contributed by atoms with Crippen LogP contribution in [0.1, 0.15) is 13.8 Å². The van der Waals surface area contributed by atoms with Crippen LogP contribution in [0.15, 0.2) is 0 Å². The zero-order valence-corrected chi connectivity index (χ0v) is 10.3. The van der Waals surface area contributed by atoms with Crippen molar-refractivity contribution in [2.45, 2.75) is 26.0 Å². The molecule has 2 unspecified atom stereocenters. The summed E-state index contributed by atoms with van der Waals surface area (Å²) in [5.41, 5.74) is 5.76. The number of ether oxygens (including phenoxy) is 1. The Bertz CT molecular complexity index is 175. The van der Waals surface area contributed by atoms with E-state index >= 15 is 0 Å². The SMILES string of the molecule is CCN1CCOC(CN(C)CC(C)N)C1. The zero-order valence-electron chi connectivity index (χ0n) is 10.3. The van der Waals surface area contributed by atoms with Gasteiger partial charge in [0.15, 0.2) is 0 Å². The third-order valence-corrected chi connectivity index (χ3v) is 2.79. The van der Waals surface area contributed by atoms with Crippen molar-refractivity contribution in [2.24, 2.45) is 5.73 Å². The summed E-state index contributed by atoms with van der Waals surface area (Å²) < 4.78 is 5.74. The molecule has 0 aliphatic carbocycles. The van der Waals surface area contributed by atoms with Gasteiger partial charge in [0.2, 0.25) is 0 Å². The molecule has 0 radical (unpaired) electrons. The summed E-state index contributed by atoms with van der Waals surface area (Å²) in [6.07, 6.45) is 0.349. The van der Waals surface area contributed by atoms with E-state index in [4.69, 9.17) is 10.5 Å². The van der Waals surface area contributed by atoms with Gasteiger partial charge >= 0.3 is 0 Å². The first-order chi connectivity index (χ1) is 7.11. The number of hydrogen-bond donors (Lipinski definition) is 1. The van der Waals surface area contributed by atoms with Crippen LogP contribution < -0.4 is 5.73 Å². The van der Waals surface area contributed by atoms with Crippen LogP contribution in [-0.2, 0) is 4.74 Å². The largest absolute Gasteiger partial charge is 0.374 e. The fourth-order valence-corrected chi connectivity index (χ4v) is 2.09. The first-order valence-electron chi connectivity index (χ1n) is 5.90. The quantitative estimate of drug-likeness (QED) is 0.700. The molecule has 0 amide bonds. The highest BCUT2D eigenvalue weighted by atomic mass is 16.5. The normalized spacial score (nSPS) is 25.8. The second-order valence-electron chi connectivity index (χ2n) is 4.58. The first kappa shape index (κ1) is 12.9. The van der Waals surface area contributed by atoms with Crippen LogP contribution in [0.3, 0.4) is 0 Å². The van der Waals surface area contributed by atoms with E-state index in [0.29, 0.717) is 6.10 Å². The molecule has 1 heterocycles. The van der Waals surface area contributed by atoms with Crippen LogP contribution in [0.4, 0.5) is 0 Å². The molecule has 0 saturated carbocycles. The lowest BCUT2D eigenvalue weighted by molar-refractivity contribution is -0.0391. The maximum atomic E-state index is 5.76. The molecule has 0 aromatic rings. The van der Waals surface area contributed by atoms with Crippen molar-refractivity contribution in [3.63, 3.8) is 0 Å². The minimum Gasteiger partial charge on any atom is -0.374 e. The monoisotopic (exact) mass is 215 g/mol. The topological polar surface area (TPSA) is 41.7 Å². The average molecular weight is 215 g/mol. The van der Waals surface area contributed by atoms with Crippen LogP contribution in [0.5, 0.6) is 0 Å². The second kappa shape index (κ2) is 6.43. The highest BCUT2D eigenvalue weighted by Gasteiger charge is 2.20. The number of rotatable bonds is 5. The molecule has 1 saturated heterocycles. The molecule has 90 valence electrons. The molecule has 15 heavy (non-hydrogen) atoms. The summed E-state index contributed by atoms with van der Waals surface area (Å²) >= 11 is 0. The molecule has 0 bridgehead atoms. The van der Waals surface area contributed by atoms with Gasteiger partial charge in [-0.2, -0.15) is 0 Å². The molecule has 1 fully saturated rings. The van der Waals surface area contributed by atoms with Gasteiger partial charge in [0, 0.05) is 32.2 Å². The van der Waals surface area contributed by atoms with Crippen LogP contribution in [0.25, 0.3) is 0 Å². The summed E-state index contributed by atoms with van der Waals surface area (Å²) in [5, 5.41) is 0. The van der Waals surface area contributed by atoms with Gasteiger partial charge in [-0.15, -0.1) is 0 Å². The molecule has 4 heteroatoms. The van der Waals surface area contributed by atoms with Crippen molar-refractivity contribution in [3.8, 4) is 0 Å². The van der Waals surface area contributed by atoms with Gasteiger partial charge in [-0.25, -0.2) is 0 Å². The third-order valence-electron chi connectivity index (χ3n) is 2.79. The molecule has 1 rings (SSSR count). The Labute approximate surface area is 93.4 Å². The molecular formula is C11H25N3O. The predicted molar refractivity (Wildman–Crippen MR) is 63.0 cm³/mol. The first-order valence-corrected chi connectivity index (χ1v) is 5.90. The van der Waals surface area contributed by atoms with Gasteiger partial charge in [0.25, 0.3) is 0 Å². The van der Waals surface area contributed by atoms with Crippen LogP contribution >= 0.6 is 0 Å². The molecule has 0 aromatic heterocycles. The zero-order chi connectivity index (χ0) is 11.3. The minimum atomic E-state index is 0.237. The van der Waals surface area contributed by atoms with Gasteiger partial charge in [-0.1, -0.05) is 6.92 Å². The second-order valence-corrected chi connectivity index (χ2v) is 4.58. The van der Waals surface area contributed by atoms with E-state index in [2.05, 4.69) is 23.8 Å². The highest BCUT2D eigenvalue weighted by Crippen LogP contribution is 2.06. The van der Waals surface area contributed by atoms with Gasteiger partial charge in [-0.3, -0.25) is 4.90 Å². The van der Waals surface area contributed by atoms with Crippen molar-refractivity contribution in [1.82, 2.24) is 9.80 Å². The maximum absolute atomic E-state index is 5.76. The van der Waals surface area contributed by atoms with E-state index in [9.17, 15) is 0 Å². The van der Waals surface area contributed by atoms with E-state index in [1.165, 1.54) is 0 Å².